The highest BCUT2D eigenvalue weighted by molar-refractivity contribution is 5.89. The van der Waals surface area contributed by atoms with Gasteiger partial charge in [0, 0.05) is 44.2 Å². The molecule has 0 aliphatic carbocycles. The van der Waals surface area contributed by atoms with Gasteiger partial charge in [0.2, 0.25) is 0 Å². The topological polar surface area (TPSA) is 77.0 Å². The summed E-state index contributed by atoms with van der Waals surface area (Å²) < 4.78 is 16.4. The Bertz CT molecular complexity index is 699. The van der Waals surface area contributed by atoms with Gasteiger partial charge in [-0.05, 0) is 32.9 Å². The second-order valence-corrected chi connectivity index (χ2v) is 8.06. The lowest BCUT2D eigenvalue weighted by molar-refractivity contribution is -0.0431. The predicted octanol–water partition coefficient (Wildman–Crippen LogP) is 2.12. The van der Waals surface area contributed by atoms with Gasteiger partial charge < -0.3 is 19.1 Å². The molecule has 0 unspecified atom stereocenters. The van der Waals surface area contributed by atoms with E-state index in [1.807, 2.05) is 13.0 Å². The van der Waals surface area contributed by atoms with E-state index >= 15 is 0 Å². The maximum Gasteiger partial charge on any atom is 0.416 e. The number of piperidine rings is 1. The molecule has 3 aliphatic rings. The van der Waals surface area contributed by atoms with Gasteiger partial charge in [0.25, 0.3) is 0 Å². The first kappa shape index (κ1) is 19.5. The Morgan fingerprint density at radius 3 is 2.71 bits per heavy atom. The number of amides is 1. The van der Waals surface area contributed by atoms with Crippen molar-refractivity contribution in [2.24, 2.45) is 0 Å². The minimum absolute atomic E-state index is 0.305. The van der Waals surface area contributed by atoms with Crippen molar-refractivity contribution in [3.63, 3.8) is 0 Å². The van der Waals surface area contributed by atoms with Crippen LogP contribution in [0, 0.1) is 6.92 Å². The van der Waals surface area contributed by atoms with Crippen LogP contribution in [0.25, 0.3) is 0 Å². The first-order valence-corrected chi connectivity index (χ1v) is 10.2. The summed E-state index contributed by atoms with van der Waals surface area (Å²) in [4.78, 5) is 25.9. The van der Waals surface area contributed by atoms with E-state index in [0.717, 1.165) is 57.6 Å². The molecule has 0 N–H and O–H groups in total. The Labute approximate surface area is 166 Å². The molecule has 0 aromatic carbocycles. The van der Waals surface area contributed by atoms with Gasteiger partial charge in [0.05, 0.1) is 26.4 Å². The maximum atomic E-state index is 12.6. The van der Waals surface area contributed by atoms with Crippen molar-refractivity contribution in [1.82, 2.24) is 14.9 Å². The monoisotopic (exact) mass is 390 g/mol. The lowest BCUT2D eigenvalue weighted by atomic mass is 9.93. The number of methoxy groups -OCH3 is 1. The number of hydrogen-bond acceptors (Lipinski definition) is 7. The normalized spacial score (nSPS) is 23.4. The van der Waals surface area contributed by atoms with Crippen LogP contribution in [0.15, 0.2) is 6.07 Å². The van der Waals surface area contributed by atoms with E-state index in [1.54, 1.807) is 12.0 Å². The van der Waals surface area contributed by atoms with Gasteiger partial charge in [-0.3, -0.25) is 4.90 Å². The molecule has 1 amide bonds. The van der Waals surface area contributed by atoms with Gasteiger partial charge in [0.1, 0.15) is 17.2 Å². The molecular weight excluding hydrogens is 360 g/mol. The van der Waals surface area contributed by atoms with Crippen molar-refractivity contribution in [3.8, 4) is 0 Å². The summed E-state index contributed by atoms with van der Waals surface area (Å²) in [7, 11) is 1.74. The lowest BCUT2D eigenvalue weighted by Gasteiger charge is -2.32. The minimum Gasteiger partial charge on any atom is -0.440 e. The number of carbonyl (C=O) groups excluding carboxylic acids is 1. The molecule has 0 radical (unpaired) electrons. The number of hydrogen-bond donors (Lipinski definition) is 0. The highest BCUT2D eigenvalue weighted by Crippen LogP contribution is 2.36. The number of aromatic nitrogens is 2. The number of aryl methyl sites for hydroxylation is 1. The number of rotatable bonds is 5. The van der Waals surface area contributed by atoms with Gasteiger partial charge in [-0.15, -0.1) is 0 Å². The van der Waals surface area contributed by atoms with Crippen LogP contribution in [0.4, 0.5) is 10.6 Å². The number of likely N-dealkylation sites (tertiary alicyclic amines) is 1. The van der Waals surface area contributed by atoms with Crippen molar-refractivity contribution in [2.45, 2.75) is 44.1 Å². The molecule has 1 spiro atoms. The van der Waals surface area contributed by atoms with Crippen molar-refractivity contribution in [1.29, 1.82) is 0 Å². The fourth-order valence-electron chi connectivity index (χ4n) is 4.40. The Balaban J connectivity index is 1.46. The van der Waals surface area contributed by atoms with Crippen LogP contribution in [-0.2, 0) is 14.2 Å². The van der Waals surface area contributed by atoms with Crippen LogP contribution in [0.2, 0.25) is 0 Å². The molecule has 4 heterocycles. The van der Waals surface area contributed by atoms with E-state index in [4.69, 9.17) is 19.2 Å². The number of carbonyl (C=O) groups is 1. The lowest BCUT2D eigenvalue weighted by Crippen LogP contribution is -2.40. The molecule has 3 aliphatic heterocycles. The molecule has 1 aromatic rings. The summed E-state index contributed by atoms with van der Waals surface area (Å²) in [6, 6.07) is 1.99. The average molecular weight is 390 g/mol. The van der Waals surface area contributed by atoms with Crippen LogP contribution in [0.1, 0.15) is 43.1 Å². The summed E-state index contributed by atoms with van der Waals surface area (Å²) in [5.74, 6) is 1.77. The van der Waals surface area contributed by atoms with Crippen LogP contribution < -0.4 is 4.90 Å². The minimum atomic E-state index is -0.430. The van der Waals surface area contributed by atoms with E-state index < -0.39 is 5.60 Å². The average Bonchev–Trinajstić information content (AvgIpc) is 3.02. The van der Waals surface area contributed by atoms with Gasteiger partial charge in [-0.1, -0.05) is 0 Å². The SMILES string of the molecule is COCCN1CCC(c2cc(N3CC4(CCOCC4)OC3=O)nc(C)n2)CC1. The van der Waals surface area contributed by atoms with Gasteiger partial charge in [-0.25, -0.2) is 14.8 Å². The van der Waals surface area contributed by atoms with Gasteiger partial charge in [-0.2, -0.15) is 0 Å². The maximum absolute atomic E-state index is 12.6. The zero-order valence-electron chi connectivity index (χ0n) is 16.9. The zero-order chi connectivity index (χ0) is 19.6. The van der Waals surface area contributed by atoms with E-state index in [0.29, 0.717) is 37.3 Å². The molecule has 154 valence electrons. The van der Waals surface area contributed by atoms with Crippen LogP contribution in [0.5, 0.6) is 0 Å². The first-order valence-electron chi connectivity index (χ1n) is 10.2. The van der Waals surface area contributed by atoms with Gasteiger partial charge in [0.15, 0.2) is 0 Å². The molecule has 0 atom stereocenters. The van der Waals surface area contributed by atoms with E-state index in [9.17, 15) is 4.79 Å². The summed E-state index contributed by atoms with van der Waals surface area (Å²) in [6.07, 6.45) is 3.30. The third kappa shape index (κ3) is 4.14. The fraction of sp³-hybridized carbons (Fsp3) is 0.750. The van der Waals surface area contributed by atoms with E-state index in [-0.39, 0.29) is 6.09 Å². The Morgan fingerprint density at radius 2 is 2.00 bits per heavy atom. The van der Waals surface area contributed by atoms with E-state index in [2.05, 4.69) is 9.88 Å². The van der Waals surface area contributed by atoms with Crippen LogP contribution in [0.3, 0.4) is 0 Å². The molecule has 0 bridgehead atoms. The molecule has 28 heavy (non-hydrogen) atoms. The number of nitrogens with zero attached hydrogens (tertiary/aromatic N) is 4. The first-order chi connectivity index (χ1) is 13.6. The summed E-state index contributed by atoms with van der Waals surface area (Å²) >= 11 is 0. The third-order valence-electron chi connectivity index (χ3n) is 6.11. The highest BCUT2D eigenvalue weighted by atomic mass is 16.6. The Kier molecular flexibility index (Phi) is 5.80. The summed E-state index contributed by atoms with van der Waals surface area (Å²) in [6.45, 7) is 7.54. The van der Waals surface area contributed by atoms with Crippen molar-refractivity contribution in [3.05, 3.63) is 17.6 Å². The zero-order valence-corrected chi connectivity index (χ0v) is 16.9. The highest BCUT2D eigenvalue weighted by Gasteiger charge is 2.47. The molecule has 8 nitrogen and oxygen atoms in total. The summed E-state index contributed by atoms with van der Waals surface area (Å²) in [5, 5.41) is 0. The molecule has 4 rings (SSSR count). The smallest absolute Gasteiger partial charge is 0.416 e. The van der Waals surface area contributed by atoms with Crippen LogP contribution >= 0.6 is 0 Å². The molecule has 1 aromatic heterocycles. The number of ether oxygens (including phenoxy) is 3. The van der Waals surface area contributed by atoms with E-state index in [1.165, 1.54) is 0 Å². The quantitative estimate of drug-likeness (QED) is 0.762. The number of anilines is 1. The molecule has 3 saturated heterocycles. The van der Waals surface area contributed by atoms with Crippen molar-refractivity contribution >= 4 is 11.9 Å². The molecule has 0 saturated carbocycles. The largest absolute Gasteiger partial charge is 0.440 e. The fourth-order valence-corrected chi connectivity index (χ4v) is 4.40. The molecule has 8 heteroatoms. The standard InChI is InChI=1S/C20H30N4O4/c1-15-21-17(16-3-7-23(8-4-16)9-12-26-2)13-18(22-15)24-14-20(28-19(24)25)5-10-27-11-6-20/h13,16H,3-12,14H2,1-2H3. The van der Waals surface area contributed by atoms with Crippen molar-refractivity contribution in [2.75, 3.05) is 58.0 Å². The summed E-state index contributed by atoms with van der Waals surface area (Å²) in [5.41, 5.74) is 0.607. The molecule has 3 fully saturated rings. The van der Waals surface area contributed by atoms with Gasteiger partial charge >= 0.3 is 6.09 Å². The Morgan fingerprint density at radius 1 is 1.25 bits per heavy atom. The second kappa shape index (κ2) is 8.31. The second-order valence-electron chi connectivity index (χ2n) is 8.06. The van der Waals surface area contributed by atoms with Crippen LogP contribution in [-0.4, -0.2) is 79.7 Å². The Hall–Kier alpha value is -1.77. The third-order valence-corrected chi connectivity index (χ3v) is 6.11. The molecular formula is C20H30N4O4. The van der Waals surface area contributed by atoms with Crippen molar-refractivity contribution < 1.29 is 19.0 Å². The predicted molar refractivity (Wildman–Crippen MR) is 104 cm³/mol.